The van der Waals surface area contributed by atoms with Crippen molar-refractivity contribution in [3.05, 3.63) is 34.9 Å². The maximum atomic E-state index is 13.9. The SMILES string of the molecule is CCOC1CCC2CC(c3cc(F)c(C#N)c(F)c3)CCC2C1. The standard InChI is InChI=1S/C19H23F2NO/c1-2-23-16-6-5-12-7-13(3-4-14(12)8-16)15-9-18(20)17(11-22)19(21)10-15/h9-10,12-14,16H,2-8H2,1H3. The van der Waals surface area contributed by atoms with Crippen molar-refractivity contribution in [2.24, 2.45) is 11.8 Å². The van der Waals surface area contributed by atoms with Gasteiger partial charge in [0, 0.05) is 6.61 Å². The quantitative estimate of drug-likeness (QED) is 0.792. The van der Waals surface area contributed by atoms with Crippen molar-refractivity contribution in [1.82, 2.24) is 0 Å². The molecule has 0 N–H and O–H groups in total. The Balaban J connectivity index is 1.70. The Morgan fingerprint density at radius 1 is 1.09 bits per heavy atom. The summed E-state index contributed by atoms with van der Waals surface area (Å²) in [5.74, 6) is 0.0582. The lowest BCUT2D eigenvalue weighted by molar-refractivity contribution is -0.00957. The third-order valence-electron chi connectivity index (χ3n) is 5.61. The lowest BCUT2D eigenvalue weighted by atomic mass is 9.65. The Kier molecular flexibility index (Phi) is 4.96. The van der Waals surface area contributed by atoms with Crippen molar-refractivity contribution in [2.45, 2.75) is 57.5 Å². The summed E-state index contributed by atoms with van der Waals surface area (Å²) >= 11 is 0. The minimum absolute atomic E-state index is 0.205. The smallest absolute Gasteiger partial charge is 0.144 e. The van der Waals surface area contributed by atoms with Crippen LogP contribution >= 0.6 is 0 Å². The molecular formula is C19H23F2NO. The maximum Gasteiger partial charge on any atom is 0.144 e. The summed E-state index contributed by atoms with van der Waals surface area (Å²) in [6.07, 6.45) is 6.82. The first-order chi connectivity index (χ1) is 11.1. The monoisotopic (exact) mass is 319 g/mol. The van der Waals surface area contributed by atoms with Gasteiger partial charge in [0.2, 0.25) is 0 Å². The van der Waals surface area contributed by atoms with E-state index in [1.165, 1.54) is 12.1 Å². The van der Waals surface area contributed by atoms with E-state index in [0.717, 1.165) is 45.1 Å². The summed E-state index contributed by atoms with van der Waals surface area (Å²) in [4.78, 5) is 0. The Morgan fingerprint density at radius 2 is 1.74 bits per heavy atom. The molecule has 0 saturated heterocycles. The van der Waals surface area contributed by atoms with E-state index in [4.69, 9.17) is 10.00 Å². The molecule has 1 aromatic rings. The van der Waals surface area contributed by atoms with Gasteiger partial charge in [0.1, 0.15) is 23.3 Å². The first-order valence-corrected chi connectivity index (χ1v) is 8.63. The van der Waals surface area contributed by atoms with Gasteiger partial charge in [-0.25, -0.2) is 8.78 Å². The average molecular weight is 319 g/mol. The summed E-state index contributed by atoms with van der Waals surface area (Å²) in [5, 5.41) is 8.78. The van der Waals surface area contributed by atoms with Crippen molar-refractivity contribution in [1.29, 1.82) is 5.26 Å². The molecule has 23 heavy (non-hydrogen) atoms. The van der Waals surface area contributed by atoms with E-state index in [9.17, 15) is 8.78 Å². The van der Waals surface area contributed by atoms with Crippen molar-refractivity contribution in [3.8, 4) is 6.07 Å². The predicted octanol–water partition coefficient (Wildman–Crippen LogP) is 4.93. The van der Waals surface area contributed by atoms with Crippen LogP contribution in [0.15, 0.2) is 12.1 Å². The van der Waals surface area contributed by atoms with Gasteiger partial charge in [-0.2, -0.15) is 5.26 Å². The topological polar surface area (TPSA) is 33.0 Å². The number of nitriles is 1. The maximum absolute atomic E-state index is 13.9. The van der Waals surface area contributed by atoms with Gasteiger partial charge in [0.25, 0.3) is 0 Å². The molecule has 0 amide bonds. The van der Waals surface area contributed by atoms with E-state index in [1.54, 1.807) is 6.07 Å². The van der Waals surface area contributed by atoms with Crippen molar-refractivity contribution >= 4 is 0 Å². The van der Waals surface area contributed by atoms with Crippen LogP contribution in [0.3, 0.4) is 0 Å². The van der Waals surface area contributed by atoms with Crippen LogP contribution in [-0.4, -0.2) is 12.7 Å². The number of rotatable bonds is 3. The van der Waals surface area contributed by atoms with Crippen molar-refractivity contribution in [2.75, 3.05) is 6.61 Å². The van der Waals surface area contributed by atoms with Crippen LogP contribution in [-0.2, 0) is 4.74 Å². The molecule has 0 radical (unpaired) electrons. The summed E-state index contributed by atoms with van der Waals surface area (Å²) in [6.45, 7) is 2.81. The second kappa shape index (κ2) is 6.97. The molecule has 2 aliphatic rings. The van der Waals surface area contributed by atoms with Crippen LogP contribution in [0.2, 0.25) is 0 Å². The summed E-state index contributed by atoms with van der Waals surface area (Å²) in [7, 11) is 0. The number of ether oxygens (including phenoxy) is 1. The van der Waals surface area contributed by atoms with Crippen LogP contribution in [0.25, 0.3) is 0 Å². The van der Waals surface area contributed by atoms with E-state index < -0.39 is 17.2 Å². The third kappa shape index (κ3) is 3.40. The van der Waals surface area contributed by atoms with Crippen LogP contribution in [0.1, 0.15) is 62.5 Å². The summed E-state index contributed by atoms with van der Waals surface area (Å²) in [5.41, 5.74) is 0.240. The van der Waals surface area contributed by atoms with Crippen LogP contribution < -0.4 is 0 Å². The van der Waals surface area contributed by atoms with Crippen molar-refractivity contribution in [3.63, 3.8) is 0 Å². The van der Waals surface area contributed by atoms with Crippen molar-refractivity contribution < 1.29 is 13.5 Å². The highest BCUT2D eigenvalue weighted by molar-refractivity contribution is 5.36. The molecular weight excluding hydrogens is 296 g/mol. The largest absolute Gasteiger partial charge is 0.378 e. The zero-order valence-corrected chi connectivity index (χ0v) is 13.5. The van der Waals surface area contributed by atoms with Crippen LogP contribution in [0.5, 0.6) is 0 Å². The molecule has 4 atom stereocenters. The highest BCUT2D eigenvalue weighted by atomic mass is 19.1. The minimum atomic E-state index is -0.732. The van der Waals surface area contributed by atoms with Crippen LogP contribution in [0, 0.1) is 34.8 Å². The lowest BCUT2D eigenvalue weighted by Gasteiger charge is -2.42. The Labute approximate surface area is 136 Å². The molecule has 3 rings (SSSR count). The van der Waals surface area contributed by atoms with Gasteiger partial charge in [-0.3, -0.25) is 0 Å². The molecule has 0 heterocycles. The molecule has 2 nitrogen and oxygen atoms in total. The first kappa shape index (κ1) is 16.4. The fourth-order valence-electron chi connectivity index (χ4n) is 4.47. The van der Waals surface area contributed by atoms with Gasteiger partial charge < -0.3 is 4.74 Å². The molecule has 0 aliphatic heterocycles. The van der Waals surface area contributed by atoms with Gasteiger partial charge in [0.05, 0.1) is 6.10 Å². The average Bonchev–Trinajstić information content (AvgIpc) is 2.54. The number of hydrogen-bond acceptors (Lipinski definition) is 2. The summed E-state index contributed by atoms with van der Waals surface area (Å²) in [6, 6.07) is 4.31. The van der Waals surface area contributed by atoms with Gasteiger partial charge in [-0.15, -0.1) is 0 Å². The molecule has 0 aromatic heterocycles. The van der Waals surface area contributed by atoms with Gasteiger partial charge >= 0.3 is 0 Å². The zero-order chi connectivity index (χ0) is 16.4. The van der Waals surface area contributed by atoms with Crippen LogP contribution in [0.4, 0.5) is 8.78 Å². The summed E-state index contributed by atoms with van der Waals surface area (Å²) < 4.78 is 33.5. The van der Waals surface area contributed by atoms with Gasteiger partial charge in [0.15, 0.2) is 0 Å². The zero-order valence-electron chi connectivity index (χ0n) is 13.5. The molecule has 1 aromatic carbocycles. The minimum Gasteiger partial charge on any atom is -0.378 e. The molecule has 124 valence electrons. The second-order valence-corrected chi connectivity index (χ2v) is 6.89. The number of benzene rings is 1. The lowest BCUT2D eigenvalue weighted by Crippen LogP contribution is -2.33. The van der Waals surface area contributed by atoms with E-state index >= 15 is 0 Å². The second-order valence-electron chi connectivity index (χ2n) is 6.89. The van der Waals surface area contributed by atoms with Gasteiger partial charge in [-0.05, 0) is 80.9 Å². The number of halogens is 2. The molecule has 0 spiro atoms. The molecule has 2 fully saturated rings. The normalized spacial score (nSPS) is 30.5. The highest BCUT2D eigenvalue weighted by Crippen LogP contribution is 2.46. The Hall–Kier alpha value is -1.47. The van der Waals surface area contributed by atoms with Gasteiger partial charge in [-0.1, -0.05) is 0 Å². The highest BCUT2D eigenvalue weighted by Gasteiger charge is 2.36. The third-order valence-corrected chi connectivity index (χ3v) is 5.61. The fourth-order valence-corrected chi connectivity index (χ4v) is 4.47. The number of hydrogen-bond donors (Lipinski definition) is 0. The molecule has 2 saturated carbocycles. The number of fused-ring (bicyclic) bond motifs is 1. The Bertz CT molecular complexity index is 587. The number of nitrogens with zero attached hydrogens (tertiary/aromatic N) is 1. The van der Waals surface area contributed by atoms with E-state index in [-0.39, 0.29) is 5.92 Å². The van der Waals surface area contributed by atoms with E-state index in [0.29, 0.717) is 23.5 Å². The molecule has 4 heteroatoms. The Morgan fingerprint density at radius 3 is 2.39 bits per heavy atom. The first-order valence-electron chi connectivity index (χ1n) is 8.63. The van der Waals surface area contributed by atoms with E-state index in [1.807, 2.05) is 6.92 Å². The molecule has 0 bridgehead atoms. The predicted molar refractivity (Wildman–Crippen MR) is 83.9 cm³/mol. The van der Waals surface area contributed by atoms with E-state index in [2.05, 4.69) is 0 Å². The fraction of sp³-hybridized carbons (Fsp3) is 0.632. The molecule has 2 aliphatic carbocycles. The molecule has 4 unspecified atom stereocenters.